The molecule has 46 heavy (non-hydrogen) atoms. The predicted molar refractivity (Wildman–Crippen MR) is 193 cm³/mol. The van der Waals surface area contributed by atoms with Crippen molar-refractivity contribution in [3.63, 3.8) is 0 Å². The Bertz CT molecular complexity index is 2360. The molecule has 0 saturated heterocycles. The van der Waals surface area contributed by atoms with E-state index >= 15 is 0 Å². The molecule has 0 bridgehead atoms. The molecule has 0 fully saturated rings. The molecule has 0 aliphatic carbocycles. The minimum atomic E-state index is -0.230. The molecule has 1 atom stereocenters. The van der Waals surface area contributed by atoms with E-state index in [1.165, 1.54) is 26.9 Å². The van der Waals surface area contributed by atoms with Crippen molar-refractivity contribution in [2.45, 2.75) is 6.23 Å². The van der Waals surface area contributed by atoms with E-state index in [0.29, 0.717) is 0 Å². The first-order valence-electron chi connectivity index (χ1n) is 15.7. The molecule has 1 aliphatic rings. The quantitative estimate of drug-likeness (QED) is 0.202. The second kappa shape index (κ2) is 10.8. The molecule has 0 aromatic heterocycles. The monoisotopic (exact) mass is 590 g/mol. The number of nitrogens with zero attached hydrogens (tertiary/aromatic N) is 1. The first kappa shape index (κ1) is 26.4. The molecule has 1 N–H and O–H groups in total. The van der Waals surface area contributed by atoms with E-state index in [1.807, 2.05) is 6.07 Å². The number of nitrogens with one attached hydrogen (secondary N) is 1. The van der Waals surface area contributed by atoms with Crippen LogP contribution in [0.25, 0.3) is 43.4 Å². The summed E-state index contributed by atoms with van der Waals surface area (Å²) in [5, 5.41) is 10.8. The highest BCUT2D eigenvalue weighted by molar-refractivity contribution is 6.18. The van der Waals surface area contributed by atoms with E-state index in [9.17, 15) is 0 Å². The van der Waals surface area contributed by atoms with E-state index in [0.717, 1.165) is 50.6 Å². The lowest BCUT2D eigenvalue weighted by Gasteiger charge is -2.27. The molecule has 1 aliphatic heterocycles. The van der Waals surface area contributed by atoms with Crippen LogP contribution in [0.1, 0.15) is 11.8 Å². The van der Waals surface area contributed by atoms with Crippen molar-refractivity contribution in [1.29, 1.82) is 0 Å². The number of anilines is 4. The van der Waals surface area contributed by atoms with Crippen molar-refractivity contribution >= 4 is 55.1 Å². The fraction of sp³-hybridized carbons (Fsp3) is 0.0233. The summed E-state index contributed by atoms with van der Waals surface area (Å²) < 4.78 is 6.67. The maximum Gasteiger partial charge on any atom is 0.196 e. The Balaban J connectivity index is 1.15. The number of rotatable bonds is 5. The summed E-state index contributed by atoms with van der Waals surface area (Å²) in [7, 11) is 0. The molecule has 0 radical (unpaired) electrons. The summed E-state index contributed by atoms with van der Waals surface area (Å²) in [4.78, 5) is 2.34. The van der Waals surface area contributed by atoms with Gasteiger partial charge in [0.1, 0.15) is 0 Å². The average Bonchev–Trinajstić information content (AvgIpc) is 3.59. The van der Waals surface area contributed by atoms with Gasteiger partial charge in [-0.15, -0.1) is 0 Å². The van der Waals surface area contributed by atoms with Gasteiger partial charge in [0, 0.05) is 33.1 Å². The number of ether oxygens (including phenoxy) is 1. The number of hydrogen-bond donors (Lipinski definition) is 1. The molecule has 9 rings (SSSR count). The molecule has 0 amide bonds. The maximum atomic E-state index is 6.67. The zero-order valence-electron chi connectivity index (χ0n) is 25.1. The lowest BCUT2D eigenvalue weighted by atomic mass is 9.95. The summed E-state index contributed by atoms with van der Waals surface area (Å²) in [5.74, 6) is 0.909. The molecule has 1 unspecified atom stereocenters. The van der Waals surface area contributed by atoms with Gasteiger partial charge in [-0.1, -0.05) is 133 Å². The maximum absolute atomic E-state index is 6.67. The van der Waals surface area contributed by atoms with E-state index in [2.05, 4.69) is 174 Å². The third-order valence-electron chi connectivity index (χ3n) is 9.07. The first-order valence-corrected chi connectivity index (χ1v) is 15.7. The molecule has 8 aromatic carbocycles. The number of benzene rings is 8. The van der Waals surface area contributed by atoms with E-state index < -0.39 is 0 Å². The van der Waals surface area contributed by atoms with Crippen LogP contribution >= 0.6 is 0 Å². The SMILES string of the molecule is c1ccc(C2Nc3c(c4cc(-c5ccc(N(c6ccccc6)c6cccc7ccccc67)cc5)ccc4c4ccccc34)O2)cc1. The predicted octanol–water partition coefficient (Wildman–Crippen LogP) is 11.8. The van der Waals surface area contributed by atoms with Gasteiger partial charge < -0.3 is 15.0 Å². The zero-order chi connectivity index (χ0) is 30.5. The van der Waals surface area contributed by atoms with Crippen LogP contribution in [-0.2, 0) is 0 Å². The Labute approximate surface area is 267 Å². The molecule has 218 valence electrons. The van der Waals surface area contributed by atoms with Gasteiger partial charge in [-0.3, -0.25) is 0 Å². The zero-order valence-corrected chi connectivity index (χ0v) is 25.1. The normalized spacial score (nSPS) is 13.8. The number of fused-ring (bicyclic) bond motifs is 7. The second-order valence-electron chi connectivity index (χ2n) is 11.8. The molecule has 3 heteroatoms. The molecule has 1 heterocycles. The summed E-state index contributed by atoms with van der Waals surface area (Å²) in [6.07, 6.45) is -0.230. The van der Waals surface area contributed by atoms with Crippen LogP contribution in [-0.4, -0.2) is 0 Å². The fourth-order valence-electron chi connectivity index (χ4n) is 6.87. The van der Waals surface area contributed by atoms with Crippen molar-refractivity contribution in [2.24, 2.45) is 0 Å². The van der Waals surface area contributed by atoms with E-state index in [4.69, 9.17) is 4.74 Å². The summed E-state index contributed by atoms with van der Waals surface area (Å²) in [6.45, 7) is 0. The van der Waals surface area contributed by atoms with E-state index in [1.54, 1.807) is 0 Å². The van der Waals surface area contributed by atoms with Gasteiger partial charge in [0.25, 0.3) is 0 Å². The van der Waals surface area contributed by atoms with Crippen LogP contribution < -0.4 is 15.0 Å². The van der Waals surface area contributed by atoms with Crippen LogP contribution in [0.15, 0.2) is 170 Å². The summed E-state index contributed by atoms with van der Waals surface area (Å²) in [5.41, 5.74) is 7.86. The summed E-state index contributed by atoms with van der Waals surface area (Å²) in [6, 6.07) is 60.3. The van der Waals surface area contributed by atoms with Gasteiger partial charge >= 0.3 is 0 Å². The fourth-order valence-corrected chi connectivity index (χ4v) is 6.87. The van der Waals surface area contributed by atoms with Crippen LogP contribution in [0.3, 0.4) is 0 Å². The Morgan fingerprint density at radius 3 is 1.87 bits per heavy atom. The largest absolute Gasteiger partial charge is 0.464 e. The molecular formula is C43H30N2O. The Hall–Kier alpha value is -6.06. The molecular weight excluding hydrogens is 560 g/mol. The Morgan fingerprint density at radius 1 is 0.457 bits per heavy atom. The van der Waals surface area contributed by atoms with Crippen molar-refractivity contribution in [2.75, 3.05) is 10.2 Å². The van der Waals surface area contributed by atoms with Crippen molar-refractivity contribution < 1.29 is 4.74 Å². The van der Waals surface area contributed by atoms with Crippen LogP contribution in [0.5, 0.6) is 5.75 Å². The van der Waals surface area contributed by atoms with Gasteiger partial charge in [-0.25, -0.2) is 0 Å². The topological polar surface area (TPSA) is 24.5 Å². The van der Waals surface area contributed by atoms with Crippen LogP contribution in [0, 0.1) is 0 Å². The van der Waals surface area contributed by atoms with Gasteiger partial charge in [0.15, 0.2) is 12.0 Å². The average molecular weight is 591 g/mol. The lowest BCUT2D eigenvalue weighted by Crippen LogP contribution is -2.10. The lowest BCUT2D eigenvalue weighted by molar-refractivity contribution is 0.262. The van der Waals surface area contributed by atoms with E-state index in [-0.39, 0.29) is 6.23 Å². The minimum Gasteiger partial charge on any atom is -0.464 e. The standard InChI is InChI=1S/C43H30N2O/c1-3-13-31(14-4-1)43-44-41-38-20-10-9-19-36(38)37-27-24-32(28-39(37)42(41)46-43)29-22-25-34(26-23-29)45(33-16-5-2-6-17-33)40-21-11-15-30-12-7-8-18-35(30)40/h1-28,43-44H. The number of hydrogen-bond acceptors (Lipinski definition) is 3. The van der Waals surface area contributed by atoms with Gasteiger partial charge in [-0.2, -0.15) is 0 Å². The highest BCUT2D eigenvalue weighted by Gasteiger charge is 2.28. The third-order valence-corrected chi connectivity index (χ3v) is 9.07. The van der Waals surface area contributed by atoms with Crippen molar-refractivity contribution in [1.82, 2.24) is 0 Å². The third kappa shape index (κ3) is 4.36. The molecule has 0 saturated carbocycles. The van der Waals surface area contributed by atoms with Gasteiger partial charge in [-0.05, 0) is 63.7 Å². The molecule has 0 spiro atoms. The first-order chi connectivity index (χ1) is 22.8. The Morgan fingerprint density at radius 2 is 1.07 bits per heavy atom. The minimum absolute atomic E-state index is 0.230. The van der Waals surface area contributed by atoms with Crippen molar-refractivity contribution in [3.05, 3.63) is 175 Å². The van der Waals surface area contributed by atoms with Gasteiger partial charge in [0.2, 0.25) is 0 Å². The summed E-state index contributed by atoms with van der Waals surface area (Å²) >= 11 is 0. The highest BCUT2D eigenvalue weighted by atomic mass is 16.5. The molecule has 8 aromatic rings. The number of para-hydroxylation sites is 1. The smallest absolute Gasteiger partial charge is 0.196 e. The van der Waals surface area contributed by atoms with Crippen molar-refractivity contribution in [3.8, 4) is 16.9 Å². The Kier molecular flexibility index (Phi) is 6.20. The van der Waals surface area contributed by atoms with Crippen LogP contribution in [0.4, 0.5) is 22.7 Å². The second-order valence-corrected chi connectivity index (χ2v) is 11.8. The highest BCUT2D eigenvalue weighted by Crippen LogP contribution is 2.49. The van der Waals surface area contributed by atoms with Crippen LogP contribution in [0.2, 0.25) is 0 Å². The molecule has 3 nitrogen and oxygen atoms in total. The van der Waals surface area contributed by atoms with Gasteiger partial charge in [0.05, 0.1) is 11.4 Å².